The van der Waals surface area contributed by atoms with Crippen LogP contribution in [0.15, 0.2) is 24.3 Å². The van der Waals surface area contributed by atoms with E-state index < -0.39 is 0 Å². The Morgan fingerprint density at radius 1 is 1.32 bits per heavy atom. The van der Waals surface area contributed by atoms with Crippen LogP contribution in [0.25, 0.3) is 0 Å². The number of benzene rings is 1. The van der Waals surface area contributed by atoms with Gasteiger partial charge in [-0.3, -0.25) is 0 Å². The molecule has 0 spiro atoms. The maximum Gasteiger partial charge on any atom is 0.119 e. The molecule has 1 N–H and O–H groups in total. The molecule has 19 heavy (non-hydrogen) atoms. The van der Waals surface area contributed by atoms with Crippen LogP contribution < -0.4 is 10.1 Å². The van der Waals surface area contributed by atoms with Crippen LogP contribution in [0, 0.1) is 0 Å². The molecule has 2 rings (SSSR count). The van der Waals surface area contributed by atoms with Gasteiger partial charge in [0.2, 0.25) is 0 Å². The van der Waals surface area contributed by atoms with Gasteiger partial charge in [-0.1, -0.05) is 12.1 Å². The van der Waals surface area contributed by atoms with Crippen LogP contribution in [-0.2, 0) is 4.74 Å². The van der Waals surface area contributed by atoms with Crippen molar-refractivity contribution >= 4 is 0 Å². The Bertz CT molecular complexity index is 407. The molecule has 1 aliphatic carbocycles. The SMILES string of the molecule is COc1cccc(C(CNC2CC2)OC(C)(C)C)c1. The zero-order valence-corrected chi connectivity index (χ0v) is 12.4. The third-order valence-corrected chi connectivity index (χ3v) is 3.13. The molecule has 3 nitrogen and oxygen atoms in total. The van der Waals surface area contributed by atoms with Crippen LogP contribution in [0.2, 0.25) is 0 Å². The smallest absolute Gasteiger partial charge is 0.119 e. The predicted octanol–water partition coefficient (Wildman–Crippen LogP) is 3.30. The van der Waals surface area contributed by atoms with Gasteiger partial charge in [0.15, 0.2) is 0 Å². The van der Waals surface area contributed by atoms with E-state index in [9.17, 15) is 0 Å². The van der Waals surface area contributed by atoms with Crippen molar-refractivity contribution in [3.63, 3.8) is 0 Å². The lowest BCUT2D eigenvalue weighted by Crippen LogP contribution is -2.31. The van der Waals surface area contributed by atoms with E-state index in [1.807, 2.05) is 12.1 Å². The van der Waals surface area contributed by atoms with Gasteiger partial charge in [0.1, 0.15) is 5.75 Å². The lowest BCUT2D eigenvalue weighted by molar-refractivity contribution is -0.0608. The van der Waals surface area contributed by atoms with Crippen LogP contribution in [0.3, 0.4) is 0 Å². The highest BCUT2D eigenvalue weighted by Crippen LogP contribution is 2.27. The quantitative estimate of drug-likeness (QED) is 0.854. The third-order valence-electron chi connectivity index (χ3n) is 3.13. The summed E-state index contributed by atoms with van der Waals surface area (Å²) in [6, 6.07) is 8.84. The fraction of sp³-hybridized carbons (Fsp3) is 0.625. The first kappa shape index (κ1) is 14.4. The highest BCUT2D eigenvalue weighted by Gasteiger charge is 2.25. The number of ether oxygens (including phenoxy) is 2. The first-order valence-electron chi connectivity index (χ1n) is 7.03. The molecule has 1 fully saturated rings. The minimum Gasteiger partial charge on any atom is -0.497 e. The molecule has 0 radical (unpaired) electrons. The van der Waals surface area contributed by atoms with E-state index in [0.717, 1.165) is 12.3 Å². The predicted molar refractivity (Wildman–Crippen MR) is 77.6 cm³/mol. The van der Waals surface area contributed by atoms with Gasteiger partial charge < -0.3 is 14.8 Å². The molecule has 1 unspecified atom stereocenters. The van der Waals surface area contributed by atoms with Gasteiger partial charge in [-0.25, -0.2) is 0 Å². The zero-order valence-electron chi connectivity index (χ0n) is 12.4. The maximum atomic E-state index is 6.18. The minimum absolute atomic E-state index is 0.0655. The van der Waals surface area contributed by atoms with Gasteiger partial charge in [0.05, 0.1) is 18.8 Å². The Labute approximate surface area is 116 Å². The molecule has 106 valence electrons. The van der Waals surface area contributed by atoms with E-state index in [-0.39, 0.29) is 11.7 Å². The molecule has 0 saturated heterocycles. The molecular formula is C16H25NO2. The Balaban J connectivity index is 2.08. The van der Waals surface area contributed by atoms with Crippen molar-refractivity contribution in [2.24, 2.45) is 0 Å². The topological polar surface area (TPSA) is 30.5 Å². The average Bonchev–Trinajstić information content (AvgIpc) is 3.17. The third kappa shape index (κ3) is 4.84. The van der Waals surface area contributed by atoms with Gasteiger partial charge in [-0.05, 0) is 51.3 Å². The second-order valence-corrected chi connectivity index (χ2v) is 6.18. The Morgan fingerprint density at radius 3 is 2.63 bits per heavy atom. The highest BCUT2D eigenvalue weighted by atomic mass is 16.5. The summed E-state index contributed by atoms with van der Waals surface area (Å²) in [7, 11) is 1.70. The lowest BCUT2D eigenvalue weighted by Gasteiger charge is -2.28. The number of rotatable bonds is 6. The lowest BCUT2D eigenvalue weighted by atomic mass is 10.1. The van der Waals surface area contributed by atoms with Crippen LogP contribution in [0.1, 0.15) is 45.3 Å². The molecule has 3 heteroatoms. The van der Waals surface area contributed by atoms with E-state index in [1.54, 1.807) is 7.11 Å². The second-order valence-electron chi connectivity index (χ2n) is 6.18. The molecule has 1 atom stereocenters. The van der Waals surface area contributed by atoms with Crippen molar-refractivity contribution in [3.05, 3.63) is 29.8 Å². The minimum atomic E-state index is -0.154. The Kier molecular flexibility index (Phi) is 4.48. The number of hydrogen-bond acceptors (Lipinski definition) is 3. The van der Waals surface area contributed by atoms with Crippen LogP contribution >= 0.6 is 0 Å². The molecular weight excluding hydrogens is 238 g/mol. The normalized spacial score (nSPS) is 17.3. The summed E-state index contributed by atoms with van der Waals surface area (Å²) in [5.41, 5.74) is 1.02. The molecule has 1 aromatic carbocycles. The molecule has 1 saturated carbocycles. The van der Waals surface area contributed by atoms with E-state index in [2.05, 4.69) is 38.2 Å². The summed E-state index contributed by atoms with van der Waals surface area (Å²) >= 11 is 0. The van der Waals surface area contributed by atoms with E-state index in [0.29, 0.717) is 6.04 Å². The largest absolute Gasteiger partial charge is 0.497 e. The molecule has 1 aromatic rings. The first-order chi connectivity index (χ1) is 8.98. The van der Waals surface area contributed by atoms with Crippen LogP contribution in [0.5, 0.6) is 5.75 Å². The second kappa shape index (κ2) is 5.93. The van der Waals surface area contributed by atoms with Crippen molar-refractivity contribution < 1.29 is 9.47 Å². The summed E-state index contributed by atoms with van der Waals surface area (Å²) in [6.45, 7) is 7.14. The molecule has 0 heterocycles. The van der Waals surface area contributed by atoms with Gasteiger partial charge >= 0.3 is 0 Å². The number of nitrogens with one attached hydrogen (secondary N) is 1. The average molecular weight is 263 g/mol. The van der Waals surface area contributed by atoms with Crippen molar-refractivity contribution in [2.45, 2.75) is 51.4 Å². The van der Waals surface area contributed by atoms with E-state index in [1.165, 1.54) is 18.4 Å². The van der Waals surface area contributed by atoms with Gasteiger partial charge in [-0.2, -0.15) is 0 Å². The molecule has 0 amide bonds. The molecule has 0 bridgehead atoms. The van der Waals surface area contributed by atoms with Crippen molar-refractivity contribution in [2.75, 3.05) is 13.7 Å². The number of methoxy groups -OCH3 is 1. The first-order valence-corrected chi connectivity index (χ1v) is 7.03. The van der Waals surface area contributed by atoms with Gasteiger partial charge in [0, 0.05) is 12.6 Å². The van der Waals surface area contributed by atoms with E-state index in [4.69, 9.17) is 9.47 Å². The summed E-state index contributed by atoms with van der Waals surface area (Å²) in [4.78, 5) is 0. The summed E-state index contributed by atoms with van der Waals surface area (Å²) in [5.74, 6) is 0.881. The highest BCUT2D eigenvalue weighted by molar-refractivity contribution is 5.30. The van der Waals surface area contributed by atoms with Crippen molar-refractivity contribution in [1.29, 1.82) is 0 Å². The summed E-state index contributed by atoms with van der Waals surface area (Å²) in [6.07, 6.45) is 2.65. The van der Waals surface area contributed by atoms with Crippen molar-refractivity contribution in [3.8, 4) is 5.75 Å². The Morgan fingerprint density at radius 2 is 2.05 bits per heavy atom. The van der Waals surface area contributed by atoms with E-state index >= 15 is 0 Å². The monoisotopic (exact) mass is 263 g/mol. The Hall–Kier alpha value is -1.06. The molecule has 0 aliphatic heterocycles. The fourth-order valence-corrected chi connectivity index (χ4v) is 2.06. The molecule has 1 aliphatic rings. The standard InChI is InChI=1S/C16H25NO2/c1-16(2,3)19-15(11-17-13-8-9-13)12-6-5-7-14(10-12)18-4/h5-7,10,13,15,17H,8-9,11H2,1-4H3. The maximum absolute atomic E-state index is 6.18. The fourth-order valence-electron chi connectivity index (χ4n) is 2.06. The zero-order chi connectivity index (χ0) is 13.9. The van der Waals surface area contributed by atoms with Gasteiger partial charge in [-0.15, -0.1) is 0 Å². The summed E-state index contributed by atoms with van der Waals surface area (Å²) < 4.78 is 11.5. The number of hydrogen-bond donors (Lipinski definition) is 1. The van der Waals surface area contributed by atoms with Gasteiger partial charge in [0.25, 0.3) is 0 Å². The van der Waals surface area contributed by atoms with Crippen LogP contribution in [0.4, 0.5) is 0 Å². The molecule has 0 aromatic heterocycles. The summed E-state index contributed by atoms with van der Waals surface area (Å²) in [5, 5.41) is 3.55. The van der Waals surface area contributed by atoms with Crippen molar-refractivity contribution in [1.82, 2.24) is 5.32 Å². The van der Waals surface area contributed by atoms with Crippen LogP contribution in [-0.4, -0.2) is 25.3 Å².